The van der Waals surface area contributed by atoms with Gasteiger partial charge in [-0.1, -0.05) is 92.8 Å². The van der Waals surface area contributed by atoms with Crippen molar-refractivity contribution in [3.05, 3.63) is 102 Å². The number of rotatable bonds is 21. The first-order valence-electron chi connectivity index (χ1n) is 14.1. The van der Waals surface area contributed by atoms with Crippen molar-refractivity contribution < 1.29 is 24.5 Å². The molecule has 0 saturated heterocycles. The third-order valence-electron chi connectivity index (χ3n) is 5.83. The fourth-order valence-electron chi connectivity index (χ4n) is 3.68. The van der Waals surface area contributed by atoms with Crippen molar-refractivity contribution in [3.8, 4) is 5.75 Å². The Morgan fingerprint density at radius 2 is 1.31 bits per heavy atom. The van der Waals surface area contributed by atoms with Crippen LogP contribution in [0.4, 0.5) is 0 Å². The average molecular weight is 535 g/mol. The van der Waals surface area contributed by atoms with Crippen LogP contribution in [0.25, 0.3) is 0 Å². The van der Waals surface area contributed by atoms with E-state index in [0.717, 1.165) is 51.4 Å². The largest absolute Gasteiger partial charge is 0.507 e. The normalized spacial score (nSPS) is 13.3. The first-order chi connectivity index (χ1) is 19.0. The zero-order valence-electron chi connectivity index (χ0n) is 23.6. The Kier molecular flexibility index (Phi) is 19.4. The molecule has 1 aromatic carbocycles. The predicted molar refractivity (Wildman–Crippen MR) is 161 cm³/mol. The van der Waals surface area contributed by atoms with Crippen LogP contribution in [0.3, 0.4) is 0 Å². The van der Waals surface area contributed by atoms with Crippen molar-refractivity contribution in [2.45, 2.75) is 84.2 Å². The van der Waals surface area contributed by atoms with Crippen molar-refractivity contribution in [2.24, 2.45) is 0 Å². The van der Waals surface area contributed by atoms with E-state index in [2.05, 4.69) is 79.8 Å². The molecule has 0 spiro atoms. The van der Waals surface area contributed by atoms with Crippen LogP contribution in [0, 0.1) is 0 Å². The number of carbonyl (C=O) groups is 2. The highest BCUT2D eigenvalue weighted by Crippen LogP contribution is 2.19. The highest BCUT2D eigenvalue weighted by molar-refractivity contribution is 5.92. The van der Waals surface area contributed by atoms with Gasteiger partial charge in [0.05, 0.1) is 0 Å². The molecule has 0 heterocycles. The molecule has 1 unspecified atom stereocenters. The molecule has 2 N–H and O–H groups in total. The zero-order valence-corrected chi connectivity index (χ0v) is 23.6. The van der Waals surface area contributed by atoms with E-state index in [1.54, 1.807) is 6.07 Å². The van der Waals surface area contributed by atoms with E-state index in [1.165, 1.54) is 12.1 Å². The van der Waals surface area contributed by atoms with Crippen molar-refractivity contribution >= 4 is 11.8 Å². The van der Waals surface area contributed by atoms with Crippen molar-refractivity contribution in [2.75, 3.05) is 6.61 Å². The van der Waals surface area contributed by atoms with E-state index >= 15 is 0 Å². The molecular formula is C34H46O5. The Balaban J connectivity index is 2.14. The monoisotopic (exact) mass is 534 g/mol. The number of carboxylic acid groups (broad SMARTS) is 1. The number of phenols is 1. The summed E-state index contributed by atoms with van der Waals surface area (Å²) in [6.07, 6.45) is 33.9. The van der Waals surface area contributed by atoms with E-state index in [-0.39, 0.29) is 23.5 Å². The van der Waals surface area contributed by atoms with Gasteiger partial charge in [-0.25, -0.2) is 4.79 Å². The SMILES string of the molecule is CC/C=C\C/C=C\C/C=C\C/C=C\C/C=C\C/C=C\CCCOC(CC)C(=O)Cc1ccc(O)c(C(=O)O)c1. The molecule has 0 bridgehead atoms. The van der Waals surface area contributed by atoms with Gasteiger partial charge in [-0.05, 0) is 75.5 Å². The summed E-state index contributed by atoms with van der Waals surface area (Å²) in [6.45, 7) is 4.53. The maximum Gasteiger partial charge on any atom is 0.339 e. The molecule has 1 aromatic rings. The highest BCUT2D eigenvalue weighted by atomic mass is 16.5. The number of carbonyl (C=O) groups excluding carboxylic acids is 1. The molecule has 0 aliphatic heterocycles. The summed E-state index contributed by atoms with van der Waals surface area (Å²) < 4.78 is 5.78. The number of unbranched alkanes of at least 4 members (excludes halogenated alkanes) is 1. The van der Waals surface area contributed by atoms with Crippen LogP contribution in [0.2, 0.25) is 0 Å². The van der Waals surface area contributed by atoms with Gasteiger partial charge in [0.15, 0.2) is 5.78 Å². The maximum absolute atomic E-state index is 12.6. The highest BCUT2D eigenvalue weighted by Gasteiger charge is 2.18. The van der Waals surface area contributed by atoms with Gasteiger partial charge >= 0.3 is 5.97 Å². The van der Waals surface area contributed by atoms with Gasteiger partial charge in [0.25, 0.3) is 0 Å². The molecule has 1 rings (SSSR count). The number of carboxylic acids is 1. The van der Waals surface area contributed by atoms with Crippen LogP contribution >= 0.6 is 0 Å². The second kappa shape index (κ2) is 22.5. The minimum atomic E-state index is -1.22. The molecule has 0 amide bonds. The standard InChI is InChI=1S/C34H46O5/c1-3-5-6-7-8-9-10-11-12-13-14-15-16-17-18-19-20-21-22-23-26-39-33(4-2)32(36)28-29-24-25-31(35)30(27-29)34(37)38/h5-6,8-9,11-12,14-15,17-18,20-21,24-25,27,33,35H,3-4,7,10,13,16,19,22-23,26,28H2,1-2H3,(H,37,38)/b6-5-,9-8-,12-11-,15-14-,18-17-,21-20-. The first-order valence-corrected chi connectivity index (χ1v) is 14.1. The van der Waals surface area contributed by atoms with Gasteiger partial charge in [-0.2, -0.15) is 0 Å². The molecule has 5 nitrogen and oxygen atoms in total. The Morgan fingerprint density at radius 1 is 0.795 bits per heavy atom. The number of aromatic hydroxyl groups is 1. The number of aromatic carboxylic acids is 1. The van der Waals surface area contributed by atoms with E-state index in [0.29, 0.717) is 18.6 Å². The van der Waals surface area contributed by atoms with Crippen LogP contribution < -0.4 is 0 Å². The van der Waals surface area contributed by atoms with Crippen molar-refractivity contribution in [3.63, 3.8) is 0 Å². The van der Waals surface area contributed by atoms with Crippen molar-refractivity contribution in [1.82, 2.24) is 0 Å². The van der Waals surface area contributed by atoms with E-state index in [1.807, 2.05) is 6.92 Å². The number of benzene rings is 1. The van der Waals surface area contributed by atoms with Gasteiger partial charge in [0.2, 0.25) is 0 Å². The van der Waals surface area contributed by atoms with E-state index in [9.17, 15) is 14.7 Å². The maximum atomic E-state index is 12.6. The Labute approximate surface area is 235 Å². The second-order valence-corrected chi connectivity index (χ2v) is 9.12. The zero-order chi connectivity index (χ0) is 28.6. The fraction of sp³-hybridized carbons (Fsp3) is 0.412. The Bertz CT molecular complexity index is 1010. The van der Waals surface area contributed by atoms with Crippen LogP contribution in [-0.2, 0) is 16.0 Å². The minimum Gasteiger partial charge on any atom is -0.507 e. The van der Waals surface area contributed by atoms with E-state index < -0.39 is 12.1 Å². The molecular weight excluding hydrogens is 488 g/mol. The number of hydrogen-bond donors (Lipinski definition) is 2. The third kappa shape index (κ3) is 16.9. The van der Waals surface area contributed by atoms with Crippen LogP contribution in [-0.4, -0.2) is 34.7 Å². The van der Waals surface area contributed by atoms with Crippen LogP contribution in [0.1, 0.15) is 87.6 Å². The third-order valence-corrected chi connectivity index (χ3v) is 5.83. The van der Waals surface area contributed by atoms with Gasteiger partial charge in [-0.3, -0.25) is 4.79 Å². The molecule has 0 aliphatic rings. The quantitative estimate of drug-likeness (QED) is 0.122. The van der Waals surface area contributed by atoms with Gasteiger partial charge in [0.1, 0.15) is 17.4 Å². The lowest BCUT2D eigenvalue weighted by molar-refractivity contribution is -0.130. The van der Waals surface area contributed by atoms with Gasteiger partial charge in [-0.15, -0.1) is 0 Å². The van der Waals surface area contributed by atoms with Crippen molar-refractivity contribution in [1.29, 1.82) is 0 Å². The summed E-state index contributed by atoms with van der Waals surface area (Å²) in [5.74, 6) is -1.62. The lowest BCUT2D eigenvalue weighted by Crippen LogP contribution is -2.25. The summed E-state index contributed by atoms with van der Waals surface area (Å²) in [5.41, 5.74) is 0.348. The Hall–Kier alpha value is -3.44. The number of hydrogen-bond acceptors (Lipinski definition) is 4. The molecule has 0 aromatic heterocycles. The minimum absolute atomic E-state index is 0.0756. The molecule has 0 fully saturated rings. The summed E-state index contributed by atoms with van der Waals surface area (Å²) in [7, 11) is 0. The summed E-state index contributed by atoms with van der Waals surface area (Å²) in [6, 6.07) is 4.21. The number of ketones is 1. The average Bonchev–Trinajstić information content (AvgIpc) is 2.92. The summed E-state index contributed by atoms with van der Waals surface area (Å²) in [5, 5.41) is 18.8. The lowest BCUT2D eigenvalue weighted by Gasteiger charge is -2.15. The molecule has 0 saturated carbocycles. The van der Waals surface area contributed by atoms with Crippen LogP contribution in [0.5, 0.6) is 5.75 Å². The van der Waals surface area contributed by atoms with Gasteiger partial charge < -0.3 is 14.9 Å². The molecule has 0 aliphatic carbocycles. The summed E-state index contributed by atoms with van der Waals surface area (Å²) >= 11 is 0. The summed E-state index contributed by atoms with van der Waals surface area (Å²) in [4.78, 5) is 23.8. The van der Waals surface area contributed by atoms with Crippen LogP contribution in [0.15, 0.2) is 91.1 Å². The molecule has 212 valence electrons. The molecule has 5 heteroatoms. The molecule has 1 atom stereocenters. The lowest BCUT2D eigenvalue weighted by atomic mass is 10.0. The fourth-order valence-corrected chi connectivity index (χ4v) is 3.68. The molecule has 39 heavy (non-hydrogen) atoms. The number of allylic oxidation sites excluding steroid dienone is 12. The molecule has 0 radical (unpaired) electrons. The Morgan fingerprint density at radius 3 is 1.79 bits per heavy atom. The number of ether oxygens (including phenoxy) is 1. The van der Waals surface area contributed by atoms with Gasteiger partial charge in [0, 0.05) is 13.0 Å². The topological polar surface area (TPSA) is 83.8 Å². The predicted octanol–water partition coefficient (Wildman–Crippen LogP) is 8.48. The second-order valence-electron chi connectivity index (χ2n) is 9.12. The smallest absolute Gasteiger partial charge is 0.339 e. The van der Waals surface area contributed by atoms with E-state index in [4.69, 9.17) is 9.84 Å². The number of Topliss-reactive ketones (excluding diaryl/α,β-unsaturated/α-hetero) is 1. The first kappa shape index (κ1) is 33.6.